The van der Waals surface area contributed by atoms with Crippen LogP contribution in [0, 0.1) is 12.7 Å². The van der Waals surface area contributed by atoms with Gasteiger partial charge < -0.3 is 9.72 Å². The number of ether oxygens (including phenoxy) is 1. The molecule has 1 aromatic heterocycles. The summed E-state index contributed by atoms with van der Waals surface area (Å²) >= 11 is 3.17. The van der Waals surface area contributed by atoms with Crippen LogP contribution in [0.5, 0.6) is 0 Å². The molecule has 0 atom stereocenters. The lowest BCUT2D eigenvalue weighted by molar-refractivity contribution is 0.0470. The number of H-pyrrole nitrogens is 1. The second-order valence-corrected chi connectivity index (χ2v) is 6.21. The molecular formula is C18H13BrFNO3. The average molecular weight is 390 g/mol. The number of para-hydroxylation sites is 1. The Kier molecular flexibility index (Phi) is 4.49. The molecule has 0 amide bonds. The third-order valence-corrected chi connectivity index (χ3v) is 4.15. The fourth-order valence-electron chi connectivity index (χ4n) is 2.57. The summed E-state index contributed by atoms with van der Waals surface area (Å²) in [4.78, 5) is 27.5. The number of aromatic nitrogens is 1. The van der Waals surface area contributed by atoms with Gasteiger partial charge in [0.1, 0.15) is 5.82 Å². The van der Waals surface area contributed by atoms with Crippen LogP contribution in [-0.4, -0.2) is 23.3 Å². The molecular weight excluding hydrogens is 377 g/mol. The molecule has 0 spiro atoms. The molecule has 1 N–H and O–H groups in total. The van der Waals surface area contributed by atoms with Gasteiger partial charge in [0.2, 0.25) is 5.78 Å². The molecule has 3 aromatic rings. The lowest BCUT2D eigenvalue weighted by Crippen LogP contribution is -2.15. The molecule has 0 bridgehead atoms. The summed E-state index contributed by atoms with van der Waals surface area (Å²) in [6.07, 6.45) is 0. The molecule has 122 valence electrons. The van der Waals surface area contributed by atoms with Crippen LogP contribution in [0.2, 0.25) is 0 Å². The van der Waals surface area contributed by atoms with Gasteiger partial charge in [-0.1, -0.05) is 34.1 Å². The van der Waals surface area contributed by atoms with Gasteiger partial charge in [0.15, 0.2) is 6.61 Å². The topological polar surface area (TPSA) is 59.2 Å². The van der Waals surface area contributed by atoms with Gasteiger partial charge in [-0.25, -0.2) is 9.18 Å². The van der Waals surface area contributed by atoms with Crippen LogP contribution in [0.25, 0.3) is 10.9 Å². The Labute approximate surface area is 145 Å². The van der Waals surface area contributed by atoms with Crippen molar-refractivity contribution in [2.45, 2.75) is 6.92 Å². The zero-order valence-corrected chi connectivity index (χ0v) is 14.3. The molecule has 0 saturated heterocycles. The smallest absolute Gasteiger partial charge is 0.341 e. The van der Waals surface area contributed by atoms with Gasteiger partial charge in [0, 0.05) is 26.6 Å². The maximum atomic E-state index is 13.7. The van der Waals surface area contributed by atoms with Crippen molar-refractivity contribution in [3.63, 3.8) is 0 Å². The average Bonchev–Trinajstić information content (AvgIpc) is 2.90. The monoisotopic (exact) mass is 389 g/mol. The summed E-state index contributed by atoms with van der Waals surface area (Å²) < 4.78 is 19.2. The maximum Gasteiger partial charge on any atom is 0.341 e. The fraction of sp³-hybridized carbons (Fsp3) is 0.111. The number of ketones is 1. The zero-order chi connectivity index (χ0) is 17.3. The first-order valence-corrected chi connectivity index (χ1v) is 7.99. The normalized spacial score (nSPS) is 10.8. The van der Waals surface area contributed by atoms with Crippen molar-refractivity contribution in [3.05, 3.63) is 69.6 Å². The van der Waals surface area contributed by atoms with E-state index in [1.807, 2.05) is 24.3 Å². The number of halogens is 2. The van der Waals surface area contributed by atoms with Gasteiger partial charge in [-0.2, -0.15) is 0 Å². The van der Waals surface area contributed by atoms with E-state index in [9.17, 15) is 14.0 Å². The number of aryl methyl sites for hydroxylation is 1. The molecule has 24 heavy (non-hydrogen) atoms. The van der Waals surface area contributed by atoms with Gasteiger partial charge in [0.25, 0.3) is 0 Å². The van der Waals surface area contributed by atoms with Crippen molar-refractivity contribution in [3.8, 4) is 0 Å². The maximum absolute atomic E-state index is 13.7. The minimum atomic E-state index is -0.875. The number of nitrogens with one attached hydrogen (secondary N) is 1. The lowest BCUT2D eigenvalue weighted by atomic mass is 10.1. The highest BCUT2D eigenvalue weighted by molar-refractivity contribution is 9.10. The highest BCUT2D eigenvalue weighted by Gasteiger charge is 2.19. The molecule has 4 nitrogen and oxygen atoms in total. The number of carbonyl (C=O) groups excluding carboxylic acids is 2. The van der Waals surface area contributed by atoms with Crippen LogP contribution >= 0.6 is 15.9 Å². The minimum Gasteiger partial charge on any atom is -0.454 e. The molecule has 0 fully saturated rings. The molecule has 0 aliphatic heterocycles. The highest BCUT2D eigenvalue weighted by atomic mass is 79.9. The first kappa shape index (κ1) is 16.4. The van der Waals surface area contributed by atoms with E-state index < -0.39 is 18.4 Å². The number of benzene rings is 2. The van der Waals surface area contributed by atoms with Gasteiger partial charge in [0.05, 0.1) is 5.56 Å². The standard InChI is InChI=1S/C18H13BrFNO3/c1-10-17(12-4-2-3-5-15(12)21-10)16(22)9-24-18(23)13-8-11(19)6-7-14(13)20/h2-8,21H,9H2,1H3. The number of hydrogen-bond acceptors (Lipinski definition) is 3. The summed E-state index contributed by atoms with van der Waals surface area (Å²) in [5, 5.41) is 0.768. The molecule has 0 saturated carbocycles. The third-order valence-electron chi connectivity index (χ3n) is 3.66. The molecule has 0 unspecified atom stereocenters. The van der Waals surface area contributed by atoms with E-state index in [2.05, 4.69) is 20.9 Å². The molecule has 0 radical (unpaired) electrons. The van der Waals surface area contributed by atoms with Crippen molar-refractivity contribution < 1.29 is 18.7 Å². The lowest BCUT2D eigenvalue weighted by Gasteiger charge is -2.06. The van der Waals surface area contributed by atoms with E-state index in [1.165, 1.54) is 12.1 Å². The first-order chi connectivity index (χ1) is 11.5. The number of aromatic amines is 1. The summed E-state index contributed by atoms with van der Waals surface area (Å²) in [6, 6.07) is 11.3. The Morgan fingerprint density at radius 2 is 1.96 bits per heavy atom. The van der Waals surface area contributed by atoms with Crippen LogP contribution in [0.15, 0.2) is 46.9 Å². The van der Waals surface area contributed by atoms with E-state index in [0.29, 0.717) is 15.7 Å². The zero-order valence-electron chi connectivity index (χ0n) is 12.7. The first-order valence-electron chi connectivity index (χ1n) is 7.20. The van der Waals surface area contributed by atoms with Gasteiger partial charge in [-0.15, -0.1) is 0 Å². The van der Waals surface area contributed by atoms with Crippen LogP contribution in [0.4, 0.5) is 4.39 Å². The number of esters is 1. The fourth-order valence-corrected chi connectivity index (χ4v) is 2.93. The quantitative estimate of drug-likeness (QED) is 0.530. The van der Waals surface area contributed by atoms with Crippen molar-refractivity contribution in [1.29, 1.82) is 0 Å². The van der Waals surface area contributed by atoms with Crippen LogP contribution in [0.3, 0.4) is 0 Å². The van der Waals surface area contributed by atoms with Crippen LogP contribution in [0.1, 0.15) is 26.4 Å². The summed E-state index contributed by atoms with van der Waals surface area (Å²) in [6.45, 7) is 1.33. The predicted octanol–water partition coefficient (Wildman–Crippen LogP) is 4.42. The SMILES string of the molecule is Cc1[nH]c2ccccc2c1C(=O)COC(=O)c1cc(Br)ccc1F. The third kappa shape index (κ3) is 3.10. The molecule has 3 rings (SSSR count). The van der Waals surface area contributed by atoms with Crippen molar-refractivity contribution in [2.24, 2.45) is 0 Å². The number of rotatable bonds is 4. The van der Waals surface area contributed by atoms with E-state index in [0.717, 1.165) is 17.0 Å². The highest BCUT2D eigenvalue weighted by Crippen LogP contribution is 2.22. The number of fused-ring (bicyclic) bond motifs is 1. The number of carbonyl (C=O) groups is 2. The van der Waals surface area contributed by atoms with E-state index in [4.69, 9.17) is 4.74 Å². The second kappa shape index (κ2) is 6.57. The Morgan fingerprint density at radius 3 is 2.75 bits per heavy atom. The Hall–Kier alpha value is -2.47. The summed E-state index contributed by atoms with van der Waals surface area (Å²) in [7, 11) is 0. The van der Waals surface area contributed by atoms with E-state index in [-0.39, 0.29) is 11.3 Å². The van der Waals surface area contributed by atoms with E-state index in [1.54, 1.807) is 6.92 Å². The van der Waals surface area contributed by atoms with Crippen molar-refractivity contribution in [1.82, 2.24) is 4.98 Å². The largest absolute Gasteiger partial charge is 0.454 e. The molecule has 0 aliphatic carbocycles. The van der Waals surface area contributed by atoms with Crippen LogP contribution < -0.4 is 0 Å². The molecule has 6 heteroatoms. The van der Waals surface area contributed by atoms with Crippen LogP contribution in [-0.2, 0) is 4.74 Å². The number of Topliss-reactive ketones (excluding diaryl/α,β-unsaturated/α-hetero) is 1. The Bertz CT molecular complexity index is 949. The molecule has 0 aliphatic rings. The Morgan fingerprint density at radius 1 is 1.21 bits per heavy atom. The van der Waals surface area contributed by atoms with Crippen molar-refractivity contribution in [2.75, 3.05) is 6.61 Å². The van der Waals surface area contributed by atoms with Gasteiger partial charge in [-0.05, 0) is 31.2 Å². The second-order valence-electron chi connectivity index (χ2n) is 5.29. The predicted molar refractivity (Wildman–Crippen MR) is 91.7 cm³/mol. The molecule has 2 aromatic carbocycles. The van der Waals surface area contributed by atoms with E-state index >= 15 is 0 Å². The van der Waals surface area contributed by atoms with Gasteiger partial charge in [-0.3, -0.25) is 4.79 Å². The Balaban J connectivity index is 1.79. The van der Waals surface area contributed by atoms with Gasteiger partial charge >= 0.3 is 5.97 Å². The summed E-state index contributed by atoms with van der Waals surface area (Å²) in [5.74, 6) is -1.91. The number of hydrogen-bond donors (Lipinski definition) is 1. The molecule has 1 heterocycles. The van der Waals surface area contributed by atoms with Crippen molar-refractivity contribution >= 4 is 38.6 Å². The minimum absolute atomic E-state index is 0.215. The summed E-state index contributed by atoms with van der Waals surface area (Å²) in [5.41, 5.74) is 1.80.